The minimum absolute atomic E-state index is 0.643. The van der Waals surface area contributed by atoms with Gasteiger partial charge in [0, 0.05) is 0 Å². The molecule has 0 aliphatic heterocycles. The van der Waals surface area contributed by atoms with Gasteiger partial charge in [-0.05, 0) is 36.8 Å². The van der Waals surface area contributed by atoms with Crippen molar-refractivity contribution in [3.8, 4) is 5.75 Å². The second kappa shape index (κ2) is 5.70. The highest BCUT2D eigenvalue weighted by Crippen LogP contribution is 2.11. The summed E-state index contributed by atoms with van der Waals surface area (Å²) >= 11 is 1.68. The number of thioether (sulfide) groups is 1. The summed E-state index contributed by atoms with van der Waals surface area (Å²) in [6.45, 7) is 2.71. The molecule has 0 radical (unpaired) electrons. The van der Waals surface area contributed by atoms with E-state index in [1.807, 2.05) is 42.0 Å². The van der Waals surface area contributed by atoms with E-state index in [4.69, 9.17) is 4.74 Å². The van der Waals surface area contributed by atoms with Crippen molar-refractivity contribution in [1.82, 2.24) is 0 Å². The zero-order valence-corrected chi connectivity index (χ0v) is 8.80. The maximum absolute atomic E-state index is 5.46. The average molecular weight is 194 g/mol. The van der Waals surface area contributed by atoms with Crippen LogP contribution < -0.4 is 4.74 Å². The molecule has 0 fully saturated rings. The Labute approximate surface area is 83.8 Å². The SMILES string of the molecule is CS/C=C/COc1ccc(C)cc1. The highest BCUT2D eigenvalue weighted by atomic mass is 32.2. The average Bonchev–Trinajstić information content (AvgIpc) is 2.15. The first-order valence-electron chi connectivity index (χ1n) is 4.20. The van der Waals surface area contributed by atoms with Crippen LogP contribution in [0.25, 0.3) is 0 Å². The molecule has 0 N–H and O–H groups in total. The lowest BCUT2D eigenvalue weighted by Gasteiger charge is -2.02. The molecule has 13 heavy (non-hydrogen) atoms. The van der Waals surface area contributed by atoms with Gasteiger partial charge < -0.3 is 4.74 Å². The molecule has 0 aromatic heterocycles. The molecule has 0 saturated carbocycles. The second-order valence-corrected chi connectivity index (χ2v) is 3.48. The molecule has 0 aliphatic carbocycles. The standard InChI is InChI=1S/C11H14OS/c1-10-4-6-11(7-5-10)12-8-3-9-13-2/h3-7,9H,8H2,1-2H3/b9-3+. The fourth-order valence-corrected chi connectivity index (χ4v) is 1.19. The van der Waals surface area contributed by atoms with E-state index in [2.05, 4.69) is 6.92 Å². The topological polar surface area (TPSA) is 9.23 Å². The first-order valence-corrected chi connectivity index (χ1v) is 5.49. The number of hydrogen-bond donors (Lipinski definition) is 0. The zero-order valence-electron chi connectivity index (χ0n) is 7.99. The summed E-state index contributed by atoms with van der Waals surface area (Å²) < 4.78 is 5.46. The van der Waals surface area contributed by atoms with Gasteiger partial charge in [0.15, 0.2) is 0 Å². The van der Waals surface area contributed by atoms with Gasteiger partial charge in [0.05, 0.1) is 0 Å². The lowest BCUT2D eigenvalue weighted by Crippen LogP contribution is -1.92. The van der Waals surface area contributed by atoms with Crippen LogP contribution in [0.1, 0.15) is 5.56 Å². The Kier molecular flexibility index (Phi) is 4.47. The van der Waals surface area contributed by atoms with Crippen molar-refractivity contribution >= 4 is 11.8 Å². The predicted molar refractivity (Wildman–Crippen MR) is 59.3 cm³/mol. The van der Waals surface area contributed by atoms with Gasteiger partial charge in [-0.15, -0.1) is 11.8 Å². The van der Waals surface area contributed by atoms with Crippen LogP contribution in [-0.2, 0) is 0 Å². The summed E-state index contributed by atoms with van der Waals surface area (Å²) in [6, 6.07) is 8.08. The molecule has 0 amide bonds. The maximum Gasteiger partial charge on any atom is 0.119 e. The Morgan fingerprint density at radius 1 is 1.31 bits per heavy atom. The molecule has 0 saturated heterocycles. The summed E-state index contributed by atoms with van der Waals surface area (Å²) in [5.41, 5.74) is 1.26. The molecule has 0 atom stereocenters. The van der Waals surface area contributed by atoms with Crippen LogP contribution in [0.3, 0.4) is 0 Å². The number of hydrogen-bond acceptors (Lipinski definition) is 2. The Bertz CT molecular complexity index is 264. The molecule has 1 nitrogen and oxygen atoms in total. The molecule has 0 spiro atoms. The van der Waals surface area contributed by atoms with Gasteiger partial charge >= 0.3 is 0 Å². The van der Waals surface area contributed by atoms with E-state index in [0.717, 1.165) is 5.75 Å². The third-order valence-corrected chi connectivity index (χ3v) is 2.06. The number of ether oxygens (including phenoxy) is 1. The lowest BCUT2D eigenvalue weighted by atomic mass is 10.2. The molecule has 0 bridgehead atoms. The van der Waals surface area contributed by atoms with Crippen molar-refractivity contribution in [3.63, 3.8) is 0 Å². The number of rotatable bonds is 4. The maximum atomic E-state index is 5.46. The van der Waals surface area contributed by atoms with Crippen molar-refractivity contribution in [2.24, 2.45) is 0 Å². The second-order valence-electron chi connectivity index (χ2n) is 2.73. The van der Waals surface area contributed by atoms with Gasteiger partial charge in [-0.2, -0.15) is 0 Å². The zero-order chi connectivity index (χ0) is 9.52. The van der Waals surface area contributed by atoms with Crippen LogP contribution in [0, 0.1) is 6.92 Å². The molecule has 1 aromatic rings. The van der Waals surface area contributed by atoms with E-state index in [1.54, 1.807) is 11.8 Å². The lowest BCUT2D eigenvalue weighted by molar-refractivity contribution is 0.363. The van der Waals surface area contributed by atoms with Gasteiger partial charge in [-0.25, -0.2) is 0 Å². The van der Waals surface area contributed by atoms with Crippen molar-refractivity contribution in [2.45, 2.75) is 6.92 Å². The smallest absolute Gasteiger partial charge is 0.119 e. The monoisotopic (exact) mass is 194 g/mol. The van der Waals surface area contributed by atoms with E-state index >= 15 is 0 Å². The quantitative estimate of drug-likeness (QED) is 0.727. The highest BCUT2D eigenvalue weighted by molar-refractivity contribution is 8.01. The van der Waals surface area contributed by atoms with E-state index < -0.39 is 0 Å². The van der Waals surface area contributed by atoms with Crippen molar-refractivity contribution in [1.29, 1.82) is 0 Å². The van der Waals surface area contributed by atoms with E-state index in [0.29, 0.717) is 6.61 Å². The third kappa shape index (κ3) is 4.04. The van der Waals surface area contributed by atoms with Crippen LogP contribution in [0.15, 0.2) is 35.7 Å². The highest BCUT2D eigenvalue weighted by Gasteiger charge is 1.89. The largest absolute Gasteiger partial charge is 0.490 e. The molecule has 0 aliphatic rings. The molecular formula is C11H14OS. The van der Waals surface area contributed by atoms with E-state index in [1.165, 1.54) is 5.56 Å². The van der Waals surface area contributed by atoms with Gasteiger partial charge in [0.1, 0.15) is 12.4 Å². The van der Waals surface area contributed by atoms with Crippen molar-refractivity contribution < 1.29 is 4.74 Å². The first-order chi connectivity index (χ1) is 6.33. The third-order valence-electron chi connectivity index (χ3n) is 1.60. The number of benzene rings is 1. The van der Waals surface area contributed by atoms with Crippen LogP contribution in [-0.4, -0.2) is 12.9 Å². The summed E-state index contributed by atoms with van der Waals surface area (Å²) in [6.07, 6.45) is 4.03. The van der Waals surface area contributed by atoms with Crippen molar-refractivity contribution in [3.05, 3.63) is 41.3 Å². The Balaban J connectivity index is 2.37. The minimum atomic E-state index is 0.643. The van der Waals surface area contributed by atoms with Gasteiger partial charge in [-0.1, -0.05) is 17.7 Å². The van der Waals surface area contributed by atoms with E-state index in [-0.39, 0.29) is 0 Å². The predicted octanol–water partition coefficient (Wildman–Crippen LogP) is 3.25. The molecule has 0 heterocycles. The number of aryl methyl sites for hydroxylation is 1. The minimum Gasteiger partial charge on any atom is -0.490 e. The van der Waals surface area contributed by atoms with Crippen molar-refractivity contribution in [2.75, 3.05) is 12.9 Å². The van der Waals surface area contributed by atoms with Crippen LogP contribution in [0.2, 0.25) is 0 Å². The van der Waals surface area contributed by atoms with Crippen LogP contribution >= 0.6 is 11.8 Å². The molecule has 1 aromatic carbocycles. The molecule has 0 unspecified atom stereocenters. The van der Waals surface area contributed by atoms with Crippen LogP contribution in [0.4, 0.5) is 0 Å². The van der Waals surface area contributed by atoms with Gasteiger partial charge in [0.25, 0.3) is 0 Å². The summed E-state index contributed by atoms with van der Waals surface area (Å²) in [5.74, 6) is 0.927. The van der Waals surface area contributed by atoms with Gasteiger partial charge in [-0.3, -0.25) is 0 Å². The first kappa shape index (κ1) is 10.2. The molecule has 2 heteroatoms. The summed E-state index contributed by atoms with van der Waals surface area (Å²) in [4.78, 5) is 0. The molecule has 1 rings (SSSR count). The Morgan fingerprint density at radius 3 is 2.62 bits per heavy atom. The van der Waals surface area contributed by atoms with Crippen LogP contribution in [0.5, 0.6) is 5.75 Å². The summed E-state index contributed by atoms with van der Waals surface area (Å²) in [5, 5.41) is 2.02. The molecular weight excluding hydrogens is 180 g/mol. The molecule has 70 valence electrons. The van der Waals surface area contributed by atoms with Gasteiger partial charge in [0.2, 0.25) is 0 Å². The normalized spacial score (nSPS) is 10.6. The fourth-order valence-electron chi connectivity index (χ4n) is 0.914. The van der Waals surface area contributed by atoms with E-state index in [9.17, 15) is 0 Å². The summed E-state index contributed by atoms with van der Waals surface area (Å²) in [7, 11) is 0. The Hall–Kier alpha value is -0.890. The fraction of sp³-hybridized carbons (Fsp3) is 0.273. The Morgan fingerprint density at radius 2 is 2.00 bits per heavy atom.